The number of aliphatic imine (C=N–C) groups is 1. The van der Waals surface area contributed by atoms with E-state index in [2.05, 4.69) is 10.3 Å². The molecule has 3 N–H and O–H groups in total. The van der Waals surface area contributed by atoms with Gasteiger partial charge in [0.2, 0.25) is 10.0 Å². The van der Waals surface area contributed by atoms with Gasteiger partial charge in [-0.2, -0.15) is 11.8 Å². The summed E-state index contributed by atoms with van der Waals surface area (Å²) >= 11 is 1.79. The summed E-state index contributed by atoms with van der Waals surface area (Å²) in [6.07, 6.45) is 0. The van der Waals surface area contributed by atoms with E-state index in [1.54, 1.807) is 16.1 Å². The maximum absolute atomic E-state index is 12.0. The van der Waals surface area contributed by atoms with Gasteiger partial charge in [-0.1, -0.05) is 0 Å². The van der Waals surface area contributed by atoms with Crippen molar-refractivity contribution in [2.75, 3.05) is 36.9 Å². The summed E-state index contributed by atoms with van der Waals surface area (Å²) in [5.41, 5.74) is 5.52. The van der Waals surface area contributed by atoms with Gasteiger partial charge < -0.3 is 11.1 Å². The van der Waals surface area contributed by atoms with Gasteiger partial charge in [-0.25, -0.2) is 12.7 Å². The van der Waals surface area contributed by atoms with Crippen molar-refractivity contribution < 1.29 is 8.42 Å². The molecule has 0 atom stereocenters. The van der Waals surface area contributed by atoms with Gasteiger partial charge in [0, 0.05) is 30.1 Å². The first-order chi connectivity index (χ1) is 8.71. The molecule has 1 aliphatic heterocycles. The zero-order valence-electron chi connectivity index (χ0n) is 11.8. The second kappa shape index (κ2) is 6.81. The number of nitrogens with two attached hydrogens (primary N) is 1. The molecule has 1 saturated heterocycles. The summed E-state index contributed by atoms with van der Waals surface area (Å²) < 4.78 is 25.6. The predicted octanol–water partition coefficient (Wildman–Crippen LogP) is 0.0678. The lowest BCUT2D eigenvalue weighted by molar-refractivity contribution is 0.444. The number of sulfonamides is 1. The van der Waals surface area contributed by atoms with E-state index < -0.39 is 10.0 Å². The Labute approximate surface area is 120 Å². The minimum absolute atomic E-state index is 0.0180. The quantitative estimate of drug-likeness (QED) is 0.567. The Hall–Kier alpha value is -0.470. The summed E-state index contributed by atoms with van der Waals surface area (Å²) in [4.78, 5) is 4.06. The Bertz CT molecular complexity index is 409. The van der Waals surface area contributed by atoms with Crippen LogP contribution in [0.25, 0.3) is 0 Å². The van der Waals surface area contributed by atoms with Gasteiger partial charge in [0.05, 0.1) is 12.3 Å². The lowest BCUT2D eigenvalue weighted by Gasteiger charge is -2.25. The molecule has 0 amide bonds. The molecule has 0 aromatic heterocycles. The zero-order valence-corrected chi connectivity index (χ0v) is 13.5. The van der Waals surface area contributed by atoms with Crippen molar-refractivity contribution in [3.8, 4) is 0 Å². The van der Waals surface area contributed by atoms with Crippen LogP contribution in [0.3, 0.4) is 0 Å². The summed E-state index contributed by atoms with van der Waals surface area (Å²) in [6, 6.07) is 0. The number of rotatable bonds is 4. The lowest BCUT2D eigenvalue weighted by atomic mass is 10.1. The molecule has 6 nitrogen and oxygen atoms in total. The number of hydrogen-bond donors (Lipinski definition) is 2. The number of nitrogens with one attached hydrogen (secondary N) is 1. The molecule has 0 saturated carbocycles. The van der Waals surface area contributed by atoms with Gasteiger partial charge in [-0.15, -0.1) is 0 Å². The molecule has 1 aliphatic rings. The Morgan fingerprint density at radius 3 is 2.47 bits per heavy atom. The molecule has 0 unspecified atom stereocenters. The minimum atomic E-state index is -3.19. The molecule has 0 bridgehead atoms. The molecule has 0 radical (unpaired) electrons. The molecule has 1 rings (SSSR count). The van der Waals surface area contributed by atoms with E-state index in [0.717, 1.165) is 11.5 Å². The smallest absolute Gasteiger partial charge is 0.215 e. The van der Waals surface area contributed by atoms with Crippen LogP contribution in [-0.4, -0.2) is 61.1 Å². The van der Waals surface area contributed by atoms with Crippen LogP contribution in [0.5, 0.6) is 0 Å². The Balaban J connectivity index is 2.44. The Morgan fingerprint density at radius 1 is 1.37 bits per heavy atom. The Morgan fingerprint density at radius 2 is 1.95 bits per heavy atom. The lowest BCUT2D eigenvalue weighted by Crippen LogP contribution is -2.45. The van der Waals surface area contributed by atoms with Crippen LogP contribution >= 0.6 is 11.8 Å². The van der Waals surface area contributed by atoms with Gasteiger partial charge in [0.25, 0.3) is 0 Å². The van der Waals surface area contributed by atoms with E-state index in [9.17, 15) is 8.42 Å². The fourth-order valence-electron chi connectivity index (χ4n) is 1.66. The molecule has 0 aromatic carbocycles. The van der Waals surface area contributed by atoms with E-state index >= 15 is 0 Å². The third-order valence-electron chi connectivity index (χ3n) is 2.50. The molecule has 0 spiro atoms. The third kappa shape index (κ3) is 6.49. The summed E-state index contributed by atoms with van der Waals surface area (Å²) in [7, 11) is -3.19. The van der Waals surface area contributed by atoms with Crippen LogP contribution in [0.15, 0.2) is 4.99 Å². The molecule has 0 aliphatic carbocycles. The van der Waals surface area contributed by atoms with Crippen molar-refractivity contribution in [2.45, 2.75) is 26.3 Å². The van der Waals surface area contributed by atoms with E-state index in [0.29, 0.717) is 13.1 Å². The van der Waals surface area contributed by atoms with Gasteiger partial charge in [-0.3, -0.25) is 4.99 Å². The standard InChI is InChI=1S/C11H24N4O2S2/c1-11(2,3)14-10(12)13-4-9-19(16,17)15-5-7-18-8-6-15/h4-9H2,1-3H3,(H3,12,13,14). The normalized spacial score (nSPS) is 19.4. The van der Waals surface area contributed by atoms with Crippen molar-refractivity contribution in [3.05, 3.63) is 0 Å². The first-order valence-electron chi connectivity index (χ1n) is 6.34. The van der Waals surface area contributed by atoms with Crippen LogP contribution in [-0.2, 0) is 10.0 Å². The molecular formula is C11H24N4O2S2. The summed E-state index contributed by atoms with van der Waals surface area (Å²) in [5.74, 6) is 2.05. The fraction of sp³-hybridized carbons (Fsp3) is 0.909. The molecule has 1 heterocycles. The van der Waals surface area contributed by atoms with Gasteiger partial charge >= 0.3 is 0 Å². The van der Waals surface area contributed by atoms with E-state index in [4.69, 9.17) is 5.73 Å². The van der Waals surface area contributed by atoms with Crippen molar-refractivity contribution in [3.63, 3.8) is 0 Å². The largest absolute Gasteiger partial charge is 0.370 e. The second-order valence-electron chi connectivity index (χ2n) is 5.47. The average Bonchev–Trinajstić information content (AvgIpc) is 2.27. The van der Waals surface area contributed by atoms with Crippen LogP contribution in [0.2, 0.25) is 0 Å². The topological polar surface area (TPSA) is 87.8 Å². The maximum Gasteiger partial charge on any atom is 0.215 e. The zero-order chi connectivity index (χ0) is 14.5. The highest BCUT2D eigenvalue weighted by Gasteiger charge is 2.23. The maximum atomic E-state index is 12.0. The number of guanidine groups is 1. The van der Waals surface area contributed by atoms with Crippen molar-refractivity contribution in [1.82, 2.24) is 9.62 Å². The first kappa shape index (κ1) is 16.6. The molecule has 19 heavy (non-hydrogen) atoms. The monoisotopic (exact) mass is 308 g/mol. The van der Waals surface area contributed by atoms with Gasteiger partial charge in [0.1, 0.15) is 0 Å². The van der Waals surface area contributed by atoms with Gasteiger partial charge in [0.15, 0.2) is 5.96 Å². The minimum Gasteiger partial charge on any atom is -0.370 e. The SMILES string of the molecule is CC(C)(C)NC(N)=NCCS(=O)(=O)N1CCSCC1. The van der Waals surface area contributed by atoms with Crippen molar-refractivity contribution in [2.24, 2.45) is 10.7 Å². The third-order valence-corrected chi connectivity index (χ3v) is 5.29. The summed E-state index contributed by atoms with van der Waals surface area (Å²) in [6.45, 7) is 7.31. The second-order valence-corrected chi connectivity index (χ2v) is 8.78. The van der Waals surface area contributed by atoms with Crippen molar-refractivity contribution >= 4 is 27.7 Å². The van der Waals surface area contributed by atoms with Crippen LogP contribution in [0.4, 0.5) is 0 Å². The first-order valence-corrected chi connectivity index (χ1v) is 9.11. The molecule has 1 fully saturated rings. The van der Waals surface area contributed by atoms with Crippen LogP contribution < -0.4 is 11.1 Å². The summed E-state index contributed by atoms with van der Waals surface area (Å²) in [5, 5.41) is 3.00. The highest BCUT2D eigenvalue weighted by molar-refractivity contribution is 7.99. The van der Waals surface area contributed by atoms with Crippen LogP contribution in [0.1, 0.15) is 20.8 Å². The molecular weight excluding hydrogens is 284 g/mol. The number of hydrogen-bond acceptors (Lipinski definition) is 4. The highest BCUT2D eigenvalue weighted by atomic mass is 32.2. The van der Waals surface area contributed by atoms with Crippen molar-refractivity contribution in [1.29, 1.82) is 0 Å². The number of thioether (sulfide) groups is 1. The Kier molecular flexibility index (Phi) is 5.94. The fourth-order valence-corrected chi connectivity index (χ4v) is 4.11. The molecule has 112 valence electrons. The molecule has 0 aromatic rings. The van der Waals surface area contributed by atoms with E-state index in [-0.39, 0.29) is 23.8 Å². The molecule has 8 heteroatoms. The van der Waals surface area contributed by atoms with E-state index in [1.165, 1.54) is 0 Å². The van der Waals surface area contributed by atoms with Gasteiger partial charge in [-0.05, 0) is 20.8 Å². The predicted molar refractivity (Wildman–Crippen MR) is 82.1 cm³/mol. The van der Waals surface area contributed by atoms with Crippen LogP contribution in [0, 0.1) is 0 Å². The highest BCUT2D eigenvalue weighted by Crippen LogP contribution is 2.13. The average molecular weight is 308 g/mol. The van der Waals surface area contributed by atoms with E-state index in [1.807, 2.05) is 20.8 Å². The number of nitrogens with zero attached hydrogens (tertiary/aromatic N) is 2.